The van der Waals surface area contributed by atoms with Crippen LogP contribution in [0.1, 0.15) is 41.8 Å². The average Bonchev–Trinajstić information content (AvgIpc) is 3.30. The Morgan fingerprint density at radius 2 is 1.95 bits per heavy atom. The van der Waals surface area contributed by atoms with Gasteiger partial charge in [0.1, 0.15) is 23.5 Å². The molecule has 1 aliphatic rings. The number of halogens is 1. The highest BCUT2D eigenvalue weighted by Crippen LogP contribution is 2.33. The minimum absolute atomic E-state index is 0.222. The molecule has 3 heterocycles. The summed E-state index contributed by atoms with van der Waals surface area (Å²) in [6, 6.07) is 7.58. The van der Waals surface area contributed by atoms with Gasteiger partial charge in [-0.25, -0.2) is 14.2 Å². The van der Waals surface area contributed by atoms with Gasteiger partial charge in [-0.1, -0.05) is 19.1 Å². The molecule has 200 valence electrons. The number of aryl methyl sites for hydroxylation is 3. The molecule has 2 aromatic heterocycles. The number of pyridine rings is 1. The number of hydrogen-bond donors (Lipinski definition) is 2. The molecule has 38 heavy (non-hydrogen) atoms. The predicted molar refractivity (Wildman–Crippen MR) is 141 cm³/mol. The van der Waals surface area contributed by atoms with Crippen molar-refractivity contribution in [2.75, 3.05) is 17.7 Å². The molecule has 0 saturated carbocycles. The predicted octanol–water partition coefficient (Wildman–Crippen LogP) is 3.05. The van der Waals surface area contributed by atoms with Gasteiger partial charge in [0.2, 0.25) is 5.91 Å². The number of urea groups is 1. The first kappa shape index (κ1) is 26.8. The van der Waals surface area contributed by atoms with E-state index < -0.39 is 35.8 Å². The van der Waals surface area contributed by atoms with E-state index in [1.807, 2.05) is 13.0 Å². The Morgan fingerprint density at radius 1 is 1.21 bits per heavy atom. The number of β-lactam (4-membered cyclic amide) rings is 1. The first-order valence-corrected chi connectivity index (χ1v) is 12.4. The number of nitrogens with one attached hydrogen (secondary N) is 1. The molecule has 3 N–H and O–H groups in total. The van der Waals surface area contributed by atoms with Gasteiger partial charge in [-0.15, -0.1) is 0 Å². The molecule has 1 saturated heterocycles. The van der Waals surface area contributed by atoms with Crippen molar-refractivity contribution < 1.29 is 18.8 Å². The number of nitrogens with two attached hydrogens (primary N) is 1. The average molecular weight is 522 g/mol. The fourth-order valence-corrected chi connectivity index (χ4v) is 4.93. The maximum Gasteiger partial charge on any atom is 0.325 e. The van der Waals surface area contributed by atoms with Crippen molar-refractivity contribution in [2.24, 2.45) is 13.0 Å². The van der Waals surface area contributed by atoms with Crippen molar-refractivity contribution in [2.45, 2.75) is 45.7 Å². The molecule has 0 spiro atoms. The molecule has 11 heteroatoms. The van der Waals surface area contributed by atoms with Crippen LogP contribution in [0.25, 0.3) is 0 Å². The second kappa shape index (κ2) is 10.6. The zero-order chi connectivity index (χ0) is 27.7. The zero-order valence-electron chi connectivity index (χ0n) is 22.1. The topological polar surface area (TPSA) is 126 Å². The third kappa shape index (κ3) is 5.09. The van der Waals surface area contributed by atoms with Crippen molar-refractivity contribution >= 4 is 29.5 Å². The number of rotatable bonds is 7. The smallest absolute Gasteiger partial charge is 0.325 e. The van der Waals surface area contributed by atoms with Gasteiger partial charge in [-0.3, -0.25) is 24.1 Å². The van der Waals surface area contributed by atoms with E-state index in [4.69, 9.17) is 5.73 Å². The van der Waals surface area contributed by atoms with Crippen LogP contribution in [0.15, 0.2) is 42.6 Å². The Morgan fingerprint density at radius 3 is 2.55 bits per heavy atom. The summed E-state index contributed by atoms with van der Waals surface area (Å²) in [6.45, 7) is 5.32. The van der Waals surface area contributed by atoms with Gasteiger partial charge in [-0.05, 0) is 61.6 Å². The zero-order valence-corrected chi connectivity index (χ0v) is 22.1. The lowest BCUT2D eigenvalue weighted by Gasteiger charge is -2.46. The molecule has 0 bridgehead atoms. The van der Waals surface area contributed by atoms with Crippen LogP contribution in [0.2, 0.25) is 0 Å². The fraction of sp³-hybridized carbons (Fsp3) is 0.370. The normalized spacial score (nSPS) is 17.6. The van der Waals surface area contributed by atoms with Crippen LogP contribution in [-0.2, 0) is 23.1 Å². The summed E-state index contributed by atoms with van der Waals surface area (Å²) in [5.41, 5.74) is 8.50. The molecular formula is C27H32FN7O3. The van der Waals surface area contributed by atoms with Crippen LogP contribution < -0.4 is 16.0 Å². The molecule has 3 aromatic rings. The number of likely N-dealkylation sites (tertiary alicyclic amines) is 1. The van der Waals surface area contributed by atoms with Crippen molar-refractivity contribution in [3.8, 4) is 0 Å². The number of imide groups is 1. The molecule has 1 aromatic carbocycles. The van der Waals surface area contributed by atoms with Crippen LogP contribution in [0, 0.1) is 25.6 Å². The van der Waals surface area contributed by atoms with Crippen LogP contribution in [0.4, 0.5) is 20.8 Å². The molecule has 1 fully saturated rings. The molecule has 4 rings (SSSR count). The summed E-state index contributed by atoms with van der Waals surface area (Å²) >= 11 is 0. The van der Waals surface area contributed by atoms with Crippen molar-refractivity contribution in [1.82, 2.24) is 25.0 Å². The second-order valence-electron chi connectivity index (χ2n) is 9.63. The maximum absolute atomic E-state index is 13.8. The number of nitrogen functional groups attached to an aromatic ring is 1. The van der Waals surface area contributed by atoms with E-state index >= 15 is 0 Å². The van der Waals surface area contributed by atoms with Crippen molar-refractivity contribution in [3.63, 3.8) is 0 Å². The summed E-state index contributed by atoms with van der Waals surface area (Å²) in [5, 5.41) is 6.97. The van der Waals surface area contributed by atoms with E-state index in [1.165, 1.54) is 15.6 Å². The summed E-state index contributed by atoms with van der Waals surface area (Å²) in [5.74, 6) is -1.15. The number of aromatic nitrogens is 3. The molecule has 0 radical (unpaired) electrons. The molecule has 10 nitrogen and oxygen atoms in total. The third-order valence-corrected chi connectivity index (χ3v) is 6.93. The number of likely N-dealkylation sites (N-methyl/N-ethyl adjacent to an activating group) is 1. The highest BCUT2D eigenvalue weighted by atomic mass is 19.1. The summed E-state index contributed by atoms with van der Waals surface area (Å²) in [6.07, 6.45) is 2.29. The molecule has 1 aliphatic heterocycles. The van der Waals surface area contributed by atoms with Crippen molar-refractivity contribution in [1.29, 1.82) is 0 Å². The largest absolute Gasteiger partial charge is 0.384 e. The number of nitrogens with zero attached hydrogens (tertiary/aromatic N) is 5. The van der Waals surface area contributed by atoms with Gasteiger partial charge in [0.25, 0.3) is 5.91 Å². The second-order valence-corrected chi connectivity index (χ2v) is 9.63. The number of benzene rings is 1. The lowest BCUT2D eigenvalue weighted by Crippen LogP contribution is -2.70. The van der Waals surface area contributed by atoms with Crippen LogP contribution >= 0.6 is 0 Å². The van der Waals surface area contributed by atoms with Gasteiger partial charge >= 0.3 is 6.03 Å². The van der Waals surface area contributed by atoms with Gasteiger partial charge in [0.15, 0.2) is 0 Å². The number of hydrogen-bond acceptors (Lipinski definition) is 6. The maximum atomic E-state index is 13.8. The number of anilines is 2. The lowest BCUT2D eigenvalue weighted by molar-refractivity contribution is -0.156. The Balaban J connectivity index is 1.62. The molecule has 3 atom stereocenters. The highest BCUT2D eigenvalue weighted by Gasteiger charge is 2.55. The minimum Gasteiger partial charge on any atom is -0.384 e. The highest BCUT2D eigenvalue weighted by molar-refractivity contribution is 6.12. The molecule has 0 unspecified atom stereocenters. The van der Waals surface area contributed by atoms with E-state index in [9.17, 15) is 18.8 Å². The SMILES string of the molecule is CC[C@@H](NC(=O)N1C(=O)[C@H](Cc2cc(C)nc(N)c2)[C@H]1C(=O)N(C)c1ccnn1C)c1ccc(F)c(C)c1. The van der Waals surface area contributed by atoms with Crippen LogP contribution in [-0.4, -0.2) is 50.6 Å². The fourth-order valence-electron chi connectivity index (χ4n) is 4.93. The quantitative estimate of drug-likeness (QED) is 0.460. The number of carbonyl (C=O) groups excluding carboxylic acids is 3. The first-order chi connectivity index (χ1) is 18.0. The van der Waals surface area contributed by atoms with Crippen LogP contribution in [0.5, 0.6) is 0 Å². The molecule has 0 aliphatic carbocycles. The minimum atomic E-state index is -1.04. The van der Waals surface area contributed by atoms with Gasteiger partial charge < -0.3 is 11.1 Å². The van der Waals surface area contributed by atoms with E-state index in [2.05, 4.69) is 15.4 Å². The van der Waals surface area contributed by atoms with E-state index in [0.29, 0.717) is 34.9 Å². The standard InChI is InChI=1S/C27H32FN7O3/c1-6-21(18-7-8-20(28)15(2)11-18)32-27(38)35-24(26(37)33(4)23-9-10-30-34(23)5)19(25(35)36)13-17-12-16(3)31-22(29)14-17/h7-12,14,19,21,24H,6,13H2,1-5H3,(H2,29,31)(H,32,38)/t19-,21-,24+/m1/s1. The molecular weight excluding hydrogens is 489 g/mol. The van der Waals surface area contributed by atoms with E-state index in [0.717, 1.165) is 10.5 Å². The van der Waals surface area contributed by atoms with Crippen LogP contribution in [0.3, 0.4) is 0 Å². The van der Waals surface area contributed by atoms with Crippen molar-refractivity contribution in [3.05, 3.63) is 70.8 Å². The first-order valence-electron chi connectivity index (χ1n) is 12.4. The monoisotopic (exact) mass is 521 g/mol. The Kier molecular flexibility index (Phi) is 7.47. The summed E-state index contributed by atoms with van der Waals surface area (Å²) in [7, 11) is 3.28. The van der Waals surface area contributed by atoms with Gasteiger partial charge in [0, 0.05) is 25.9 Å². The third-order valence-electron chi connectivity index (χ3n) is 6.93. The summed E-state index contributed by atoms with van der Waals surface area (Å²) in [4.78, 5) is 47.0. The van der Waals surface area contributed by atoms with E-state index in [-0.39, 0.29) is 12.2 Å². The Bertz CT molecular complexity index is 1370. The Hall–Kier alpha value is -4.28. The number of amides is 4. The summed E-state index contributed by atoms with van der Waals surface area (Å²) < 4.78 is 15.3. The van der Waals surface area contributed by atoms with Gasteiger partial charge in [-0.2, -0.15) is 5.10 Å². The van der Waals surface area contributed by atoms with Gasteiger partial charge in [0.05, 0.1) is 18.2 Å². The Labute approximate surface area is 220 Å². The van der Waals surface area contributed by atoms with E-state index in [1.54, 1.807) is 58.4 Å². The lowest BCUT2D eigenvalue weighted by atomic mass is 9.81. The number of carbonyl (C=O) groups is 3. The molecule has 4 amide bonds.